The zero-order chi connectivity index (χ0) is 20.4. The van der Waals surface area contributed by atoms with Crippen molar-refractivity contribution in [3.8, 4) is 10.4 Å². The summed E-state index contributed by atoms with van der Waals surface area (Å²) in [7, 11) is 0. The fourth-order valence-electron chi connectivity index (χ4n) is 3.29. The molecule has 0 atom stereocenters. The van der Waals surface area contributed by atoms with E-state index in [-0.39, 0.29) is 11.6 Å². The van der Waals surface area contributed by atoms with E-state index in [1.807, 2.05) is 37.3 Å². The number of aromatic nitrogens is 1. The topological polar surface area (TPSA) is 84.7 Å². The molecule has 1 fully saturated rings. The van der Waals surface area contributed by atoms with Crippen molar-refractivity contribution in [1.82, 2.24) is 10.1 Å². The summed E-state index contributed by atoms with van der Waals surface area (Å²) in [5.41, 5.74) is 2.55. The lowest BCUT2D eigenvalue weighted by molar-refractivity contribution is 0.0303. The van der Waals surface area contributed by atoms with Gasteiger partial charge in [-0.1, -0.05) is 35.5 Å². The smallest absolute Gasteiger partial charge is 0.278 e. The van der Waals surface area contributed by atoms with E-state index < -0.39 is 5.91 Å². The van der Waals surface area contributed by atoms with E-state index in [1.54, 1.807) is 17.9 Å². The van der Waals surface area contributed by atoms with Crippen LogP contribution in [0.3, 0.4) is 0 Å². The van der Waals surface area contributed by atoms with Crippen LogP contribution in [0, 0.1) is 13.8 Å². The summed E-state index contributed by atoms with van der Waals surface area (Å²) in [5.74, 6) is 0.0432. The van der Waals surface area contributed by atoms with Crippen LogP contribution in [0.15, 0.2) is 40.9 Å². The first-order valence-electron chi connectivity index (χ1n) is 9.35. The molecule has 7 nitrogen and oxygen atoms in total. The minimum absolute atomic E-state index is 0.101. The lowest BCUT2D eigenvalue weighted by Crippen LogP contribution is -2.41. The van der Waals surface area contributed by atoms with Gasteiger partial charge in [0.15, 0.2) is 5.69 Å². The van der Waals surface area contributed by atoms with Crippen LogP contribution in [-0.2, 0) is 4.74 Å². The third kappa shape index (κ3) is 3.94. The van der Waals surface area contributed by atoms with Crippen LogP contribution in [0.2, 0.25) is 0 Å². The molecule has 0 bridgehead atoms. The molecule has 29 heavy (non-hydrogen) atoms. The van der Waals surface area contributed by atoms with Crippen molar-refractivity contribution in [2.24, 2.45) is 0 Å². The van der Waals surface area contributed by atoms with Gasteiger partial charge in [0.05, 0.1) is 18.8 Å². The standard InChI is InChI=1S/C21H21N3O4S/c1-13-12-16(23-28-13)19(25)22-20-17(21(26)24-8-10-27-11-9-24)14(2)18(29-20)15-6-4-3-5-7-15/h3-7,12H,8-11H2,1-2H3,(H,22,25). The van der Waals surface area contributed by atoms with Gasteiger partial charge in [-0.05, 0) is 25.0 Å². The first kappa shape index (κ1) is 19.4. The van der Waals surface area contributed by atoms with Crippen LogP contribution in [0.1, 0.15) is 32.2 Å². The second kappa shape index (κ2) is 8.18. The van der Waals surface area contributed by atoms with Gasteiger partial charge in [-0.25, -0.2) is 0 Å². The molecule has 150 valence electrons. The highest BCUT2D eigenvalue weighted by Crippen LogP contribution is 2.40. The molecule has 1 N–H and O–H groups in total. The maximum Gasteiger partial charge on any atom is 0.278 e. The normalized spacial score (nSPS) is 14.1. The van der Waals surface area contributed by atoms with Gasteiger partial charge in [0.2, 0.25) is 0 Å². The second-order valence-electron chi connectivity index (χ2n) is 6.81. The average molecular weight is 411 g/mol. The Hall–Kier alpha value is -2.97. The molecule has 1 aliphatic rings. The van der Waals surface area contributed by atoms with Crippen LogP contribution < -0.4 is 5.32 Å². The predicted octanol–water partition coefficient (Wildman–Crippen LogP) is 3.74. The summed E-state index contributed by atoms with van der Waals surface area (Å²) in [6.45, 7) is 5.73. The Morgan fingerprint density at radius 2 is 1.86 bits per heavy atom. The number of benzene rings is 1. The number of rotatable bonds is 4. The Morgan fingerprint density at radius 1 is 1.14 bits per heavy atom. The number of nitrogens with zero attached hydrogens (tertiary/aromatic N) is 2. The van der Waals surface area contributed by atoms with E-state index >= 15 is 0 Å². The maximum absolute atomic E-state index is 13.3. The number of anilines is 1. The molecule has 2 aromatic heterocycles. The van der Waals surface area contributed by atoms with Crippen LogP contribution in [0.25, 0.3) is 10.4 Å². The first-order chi connectivity index (χ1) is 14.0. The Balaban J connectivity index is 1.73. The highest BCUT2D eigenvalue weighted by Gasteiger charge is 2.28. The zero-order valence-electron chi connectivity index (χ0n) is 16.2. The van der Waals surface area contributed by atoms with Crippen molar-refractivity contribution < 1.29 is 18.8 Å². The third-order valence-electron chi connectivity index (χ3n) is 4.78. The SMILES string of the molecule is Cc1cc(C(=O)Nc2sc(-c3ccccc3)c(C)c2C(=O)N2CCOCC2)no1. The highest BCUT2D eigenvalue weighted by molar-refractivity contribution is 7.20. The van der Waals surface area contributed by atoms with Crippen molar-refractivity contribution in [1.29, 1.82) is 0 Å². The fourth-order valence-corrected chi connectivity index (χ4v) is 4.49. The van der Waals surface area contributed by atoms with E-state index in [9.17, 15) is 9.59 Å². The van der Waals surface area contributed by atoms with Crippen LogP contribution in [0.4, 0.5) is 5.00 Å². The van der Waals surface area contributed by atoms with Crippen molar-refractivity contribution in [3.63, 3.8) is 0 Å². The lowest BCUT2D eigenvalue weighted by atomic mass is 10.1. The number of morpholine rings is 1. The number of hydrogen-bond donors (Lipinski definition) is 1. The minimum Gasteiger partial charge on any atom is -0.378 e. The molecule has 0 aliphatic carbocycles. The van der Waals surface area contributed by atoms with E-state index in [2.05, 4.69) is 10.5 Å². The number of thiophene rings is 1. The Kier molecular flexibility index (Phi) is 5.46. The molecule has 1 saturated heterocycles. The first-order valence-corrected chi connectivity index (χ1v) is 10.2. The fraction of sp³-hybridized carbons (Fsp3) is 0.286. The molecular weight excluding hydrogens is 390 g/mol. The van der Waals surface area contributed by atoms with E-state index in [4.69, 9.17) is 9.26 Å². The number of carbonyl (C=O) groups excluding carboxylic acids is 2. The third-order valence-corrected chi connectivity index (χ3v) is 6.04. The van der Waals surface area contributed by atoms with Crippen LogP contribution in [0.5, 0.6) is 0 Å². The van der Waals surface area contributed by atoms with Crippen molar-refractivity contribution in [2.75, 3.05) is 31.6 Å². The summed E-state index contributed by atoms with van der Waals surface area (Å²) >= 11 is 1.39. The van der Waals surface area contributed by atoms with Gasteiger partial charge in [-0.2, -0.15) is 0 Å². The lowest BCUT2D eigenvalue weighted by Gasteiger charge is -2.27. The van der Waals surface area contributed by atoms with Gasteiger partial charge in [-0.3, -0.25) is 9.59 Å². The molecule has 4 rings (SSSR count). The minimum atomic E-state index is -0.404. The van der Waals surface area contributed by atoms with Gasteiger partial charge < -0.3 is 19.5 Å². The van der Waals surface area contributed by atoms with Gasteiger partial charge in [0.25, 0.3) is 11.8 Å². The molecule has 1 aromatic carbocycles. The van der Waals surface area contributed by atoms with Gasteiger partial charge >= 0.3 is 0 Å². The number of carbonyl (C=O) groups is 2. The summed E-state index contributed by atoms with van der Waals surface area (Å²) in [6, 6.07) is 11.4. The van der Waals surface area contributed by atoms with Crippen molar-refractivity contribution in [3.05, 3.63) is 59.0 Å². The molecule has 0 spiro atoms. The molecule has 3 aromatic rings. The quantitative estimate of drug-likeness (QED) is 0.707. The molecule has 8 heteroatoms. The summed E-state index contributed by atoms with van der Waals surface area (Å²) in [5, 5.41) is 7.16. The summed E-state index contributed by atoms with van der Waals surface area (Å²) in [6.07, 6.45) is 0. The predicted molar refractivity (Wildman–Crippen MR) is 110 cm³/mol. The zero-order valence-corrected chi connectivity index (χ0v) is 17.0. The number of nitrogens with one attached hydrogen (secondary N) is 1. The van der Waals surface area contributed by atoms with E-state index in [1.165, 1.54) is 11.3 Å². The molecule has 0 saturated carbocycles. The largest absolute Gasteiger partial charge is 0.378 e. The Morgan fingerprint density at radius 3 is 2.52 bits per heavy atom. The van der Waals surface area contributed by atoms with E-state index in [0.717, 1.165) is 16.0 Å². The van der Waals surface area contributed by atoms with Gasteiger partial charge in [-0.15, -0.1) is 11.3 Å². The molecule has 2 amide bonds. The van der Waals surface area contributed by atoms with Gasteiger partial charge in [0, 0.05) is 24.0 Å². The van der Waals surface area contributed by atoms with Crippen LogP contribution >= 0.6 is 11.3 Å². The number of hydrogen-bond acceptors (Lipinski definition) is 6. The molecular formula is C21H21N3O4S. The number of ether oxygens (including phenoxy) is 1. The van der Waals surface area contributed by atoms with Crippen molar-refractivity contribution >= 4 is 28.2 Å². The van der Waals surface area contributed by atoms with Crippen molar-refractivity contribution in [2.45, 2.75) is 13.8 Å². The highest BCUT2D eigenvalue weighted by atomic mass is 32.1. The number of aryl methyl sites for hydroxylation is 1. The summed E-state index contributed by atoms with van der Waals surface area (Å²) in [4.78, 5) is 28.7. The monoisotopic (exact) mass is 411 g/mol. The van der Waals surface area contributed by atoms with Gasteiger partial charge in [0.1, 0.15) is 10.8 Å². The van der Waals surface area contributed by atoms with Crippen LogP contribution in [-0.4, -0.2) is 48.2 Å². The molecule has 0 unspecified atom stereocenters. The maximum atomic E-state index is 13.3. The summed E-state index contributed by atoms with van der Waals surface area (Å²) < 4.78 is 10.4. The Bertz CT molecular complexity index is 1040. The average Bonchev–Trinajstić information content (AvgIpc) is 3.32. The molecule has 3 heterocycles. The number of amides is 2. The van der Waals surface area contributed by atoms with E-state index in [0.29, 0.717) is 42.6 Å². The Labute approximate surface area is 172 Å². The second-order valence-corrected chi connectivity index (χ2v) is 7.83. The molecule has 0 radical (unpaired) electrons. The molecule has 1 aliphatic heterocycles.